The van der Waals surface area contributed by atoms with Crippen LogP contribution in [-0.4, -0.2) is 7.11 Å². The highest BCUT2D eigenvalue weighted by molar-refractivity contribution is 9.10. The lowest BCUT2D eigenvalue weighted by molar-refractivity contribution is 0.282. The number of ether oxygens (including phenoxy) is 2. The van der Waals surface area contributed by atoms with E-state index in [4.69, 9.17) is 21.1 Å². The molecule has 3 aromatic rings. The Hall–Kier alpha value is -2.24. The lowest BCUT2D eigenvalue weighted by Gasteiger charge is -2.15. The Morgan fingerprint density at radius 3 is 2.48 bits per heavy atom. The number of hydrogen-bond acceptors (Lipinski definition) is 3. The van der Waals surface area contributed by atoms with E-state index in [9.17, 15) is 4.39 Å². The minimum atomic E-state index is -0.270. The molecule has 0 amide bonds. The quantitative estimate of drug-likeness (QED) is 0.449. The summed E-state index contributed by atoms with van der Waals surface area (Å²) in [7, 11) is 1.60. The summed E-state index contributed by atoms with van der Waals surface area (Å²) in [5.41, 5.74) is 2.74. The average Bonchev–Trinajstić information content (AvgIpc) is 2.67. The number of methoxy groups -OCH3 is 1. The normalized spacial score (nSPS) is 10.5. The molecule has 0 saturated heterocycles. The van der Waals surface area contributed by atoms with Gasteiger partial charge in [-0.3, -0.25) is 0 Å². The van der Waals surface area contributed by atoms with Crippen molar-refractivity contribution in [3.8, 4) is 11.5 Å². The van der Waals surface area contributed by atoms with Crippen LogP contribution < -0.4 is 14.8 Å². The van der Waals surface area contributed by atoms with Crippen LogP contribution in [-0.2, 0) is 13.2 Å². The number of anilines is 1. The molecular formula is C21H18BrClFNO2. The number of benzene rings is 3. The molecule has 0 aliphatic heterocycles. The molecule has 27 heavy (non-hydrogen) atoms. The van der Waals surface area contributed by atoms with Gasteiger partial charge in [-0.05, 0) is 63.5 Å². The molecule has 0 saturated carbocycles. The van der Waals surface area contributed by atoms with E-state index >= 15 is 0 Å². The predicted octanol–water partition coefficient (Wildman–Crippen LogP) is 6.44. The molecule has 140 valence electrons. The van der Waals surface area contributed by atoms with Crippen LogP contribution in [0.1, 0.15) is 11.1 Å². The van der Waals surface area contributed by atoms with Gasteiger partial charge in [0.25, 0.3) is 0 Å². The highest BCUT2D eigenvalue weighted by Crippen LogP contribution is 2.37. The van der Waals surface area contributed by atoms with Crippen LogP contribution in [0.15, 0.2) is 65.1 Å². The van der Waals surface area contributed by atoms with Crippen LogP contribution in [0.2, 0.25) is 5.02 Å². The van der Waals surface area contributed by atoms with Crippen LogP contribution in [0.5, 0.6) is 11.5 Å². The third kappa shape index (κ3) is 5.15. The fourth-order valence-corrected chi connectivity index (χ4v) is 3.36. The van der Waals surface area contributed by atoms with Crippen molar-refractivity contribution < 1.29 is 13.9 Å². The maximum Gasteiger partial charge on any atom is 0.175 e. The molecule has 0 radical (unpaired) electrons. The fourth-order valence-electron chi connectivity index (χ4n) is 2.55. The van der Waals surface area contributed by atoms with E-state index in [0.717, 1.165) is 21.3 Å². The highest BCUT2D eigenvalue weighted by Gasteiger charge is 2.12. The molecule has 6 heteroatoms. The van der Waals surface area contributed by atoms with Crippen LogP contribution in [0.3, 0.4) is 0 Å². The molecule has 3 rings (SSSR count). The van der Waals surface area contributed by atoms with Gasteiger partial charge in [-0.1, -0.05) is 35.9 Å². The Morgan fingerprint density at radius 1 is 1.04 bits per heavy atom. The molecule has 0 fully saturated rings. The Kier molecular flexibility index (Phi) is 6.58. The topological polar surface area (TPSA) is 30.5 Å². The lowest BCUT2D eigenvalue weighted by atomic mass is 10.2. The standard InChI is InChI=1S/C21H18BrClFNO2/c1-26-20-11-15(12-25-19-5-3-2-4-18(19)23)10-17(22)21(20)27-13-14-6-8-16(24)9-7-14/h2-11,25H,12-13H2,1H3. The maximum atomic E-state index is 13.0. The Labute approximate surface area is 171 Å². The summed E-state index contributed by atoms with van der Waals surface area (Å²) >= 11 is 9.72. The first-order valence-electron chi connectivity index (χ1n) is 8.29. The molecule has 0 atom stereocenters. The van der Waals surface area contributed by atoms with E-state index in [1.807, 2.05) is 36.4 Å². The molecule has 0 aromatic heterocycles. The molecule has 0 spiro atoms. The number of hydrogen-bond donors (Lipinski definition) is 1. The lowest BCUT2D eigenvalue weighted by Crippen LogP contribution is -2.03. The van der Waals surface area contributed by atoms with Crippen molar-refractivity contribution in [3.63, 3.8) is 0 Å². The summed E-state index contributed by atoms with van der Waals surface area (Å²) in [6, 6.07) is 17.7. The molecule has 0 heterocycles. The first-order valence-corrected chi connectivity index (χ1v) is 9.46. The number of rotatable bonds is 7. The Morgan fingerprint density at radius 2 is 1.78 bits per heavy atom. The van der Waals surface area contributed by atoms with E-state index in [0.29, 0.717) is 29.7 Å². The smallest absolute Gasteiger partial charge is 0.175 e. The first kappa shape index (κ1) is 19.5. The number of halogens is 3. The SMILES string of the molecule is COc1cc(CNc2ccccc2Cl)cc(Br)c1OCc1ccc(F)cc1. The van der Waals surface area contributed by atoms with Crippen molar-refractivity contribution in [2.45, 2.75) is 13.2 Å². The third-order valence-electron chi connectivity index (χ3n) is 3.94. The molecule has 0 aliphatic rings. The van der Waals surface area contributed by atoms with Gasteiger partial charge in [0.2, 0.25) is 0 Å². The molecule has 3 nitrogen and oxygen atoms in total. The van der Waals surface area contributed by atoms with Crippen LogP contribution >= 0.6 is 27.5 Å². The molecule has 0 bridgehead atoms. The highest BCUT2D eigenvalue weighted by atomic mass is 79.9. The van der Waals surface area contributed by atoms with Crippen LogP contribution in [0.4, 0.5) is 10.1 Å². The summed E-state index contributed by atoms with van der Waals surface area (Å²) in [6.07, 6.45) is 0. The van der Waals surface area contributed by atoms with Crippen molar-refractivity contribution >= 4 is 33.2 Å². The van der Waals surface area contributed by atoms with Gasteiger partial charge in [-0.2, -0.15) is 0 Å². The Balaban J connectivity index is 1.72. The number of para-hydroxylation sites is 1. The average molecular weight is 451 g/mol. The molecule has 3 aromatic carbocycles. The first-order chi connectivity index (χ1) is 13.1. The van der Waals surface area contributed by atoms with Crippen molar-refractivity contribution in [1.82, 2.24) is 0 Å². The van der Waals surface area contributed by atoms with E-state index in [2.05, 4.69) is 21.2 Å². The predicted molar refractivity (Wildman–Crippen MR) is 110 cm³/mol. The minimum Gasteiger partial charge on any atom is -0.493 e. The van der Waals surface area contributed by atoms with E-state index < -0.39 is 0 Å². The van der Waals surface area contributed by atoms with Crippen molar-refractivity contribution in [2.24, 2.45) is 0 Å². The summed E-state index contributed by atoms with van der Waals surface area (Å²) in [5.74, 6) is 0.943. The van der Waals surface area contributed by atoms with Crippen LogP contribution in [0, 0.1) is 5.82 Å². The number of nitrogens with one attached hydrogen (secondary N) is 1. The second-order valence-corrected chi connectivity index (χ2v) is 7.12. The largest absolute Gasteiger partial charge is 0.493 e. The maximum absolute atomic E-state index is 13.0. The zero-order valence-corrected chi connectivity index (χ0v) is 17.0. The van der Waals surface area contributed by atoms with E-state index in [1.54, 1.807) is 19.2 Å². The summed E-state index contributed by atoms with van der Waals surface area (Å²) < 4.78 is 25.2. The summed E-state index contributed by atoms with van der Waals surface area (Å²) in [5, 5.41) is 3.97. The van der Waals surface area contributed by atoms with Crippen molar-refractivity contribution in [3.05, 3.63) is 87.1 Å². The van der Waals surface area contributed by atoms with Gasteiger partial charge in [0.15, 0.2) is 11.5 Å². The summed E-state index contributed by atoms with van der Waals surface area (Å²) in [6.45, 7) is 0.892. The van der Waals surface area contributed by atoms with E-state index in [-0.39, 0.29) is 5.82 Å². The van der Waals surface area contributed by atoms with Crippen molar-refractivity contribution in [2.75, 3.05) is 12.4 Å². The minimum absolute atomic E-state index is 0.270. The third-order valence-corrected chi connectivity index (χ3v) is 4.86. The van der Waals surface area contributed by atoms with Gasteiger partial charge in [-0.15, -0.1) is 0 Å². The van der Waals surface area contributed by atoms with Gasteiger partial charge in [0, 0.05) is 6.54 Å². The zero-order chi connectivity index (χ0) is 19.2. The van der Waals surface area contributed by atoms with Gasteiger partial charge in [0.1, 0.15) is 12.4 Å². The molecule has 0 aliphatic carbocycles. The molecule has 0 unspecified atom stereocenters. The summed E-state index contributed by atoms with van der Waals surface area (Å²) in [4.78, 5) is 0. The van der Waals surface area contributed by atoms with Crippen LogP contribution in [0.25, 0.3) is 0 Å². The second-order valence-electron chi connectivity index (χ2n) is 5.86. The van der Waals surface area contributed by atoms with Gasteiger partial charge < -0.3 is 14.8 Å². The molecule has 1 N–H and O–H groups in total. The van der Waals surface area contributed by atoms with Crippen molar-refractivity contribution in [1.29, 1.82) is 0 Å². The molecular weight excluding hydrogens is 433 g/mol. The van der Waals surface area contributed by atoms with E-state index in [1.165, 1.54) is 12.1 Å². The Bertz CT molecular complexity index is 919. The van der Waals surface area contributed by atoms with Gasteiger partial charge >= 0.3 is 0 Å². The second kappa shape index (κ2) is 9.11. The monoisotopic (exact) mass is 449 g/mol. The fraction of sp³-hybridized carbons (Fsp3) is 0.143. The van der Waals surface area contributed by atoms with Gasteiger partial charge in [0.05, 0.1) is 22.3 Å². The van der Waals surface area contributed by atoms with Gasteiger partial charge in [-0.25, -0.2) is 4.39 Å². The zero-order valence-electron chi connectivity index (χ0n) is 14.6.